The van der Waals surface area contributed by atoms with E-state index in [9.17, 15) is 4.79 Å². The zero-order valence-corrected chi connectivity index (χ0v) is 15.2. The third-order valence-corrected chi connectivity index (χ3v) is 5.58. The van der Waals surface area contributed by atoms with Gasteiger partial charge < -0.3 is 10.6 Å². The molecule has 4 rings (SSSR count). The summed E-state index contributed by atoms with van der Waals surface area (Å²) in [7, 11) is 0. The van der Waals surface area contributed by atoms with Crippen LogP contribution in [-0.4, -0.2) is 36.0 Å². The number of carbonyl (C=O) groups is 1. The summed E-state index contributed by atoms with van der Waals surface area (Å²) in [6.45, 7) is 3.87. The van der Waals surface area contributed by atoms with Crippen molar-refractivity contribution in [3.8, 4) is 0 Å². The molecule has 0 spiro atoms. The van der Waals surface area contributed by atoms with Gasteiger partial charge in [0.25, 0.3) is 0 Å². The molecule has 2 N–H and O–H groups in total. The largest absolute Gasteiger partial charge is 0.352 e. The molecule has 0 unspecified atom stereocenters. The van der Waals surface area contributed by atoms with Gasteiger partial charge in [-0.25, -0.2) is 0 Å². The molecule has 2 aliphatic rings. The maximum absolute atomic E-state index is 12.7. The normalized spacial score (nSPS) is 21.2. The number of nitrogens with one attached hydrogen (secondary N) is 2. The van der Waals surface area contributed by atoms with Crippen molar-refractivity contribution in [1.82, 2.24) is 15.5 Å². The van der Waals surface area contributed by atoms with Gasteiger partial charge in [-0.1, -0.05) is 54.6 Å². The lowest BCUT2D eigenvalue weighted by molar-refractivity contribution is -0.124. The fraction of sp³-hybridized carbons (Fsp3) is 0.409. The average Bonchev–Trinajstić information content (AvgIpc) is 2.70. The van der Waals surface area contributed by atoms with E-state index in [1.807, 2.05) is 0 Å². The summed E-state index contributed by atoms with van der Waals surface area (Å²) in [5.41, 5.74) is 3.97. The Bertz CT molecular complexity index is 738. The molecule has 4 nitrogen and oxygen atoms in total. The first-order chi connectivity index (χ1) is 12.8. The Labute approximate surface area is 155 Å². The van der Waals surface area contributed by atoms with Crippen LogP contribution >= 0.6 is 0 Å². The summed E-state index contributed by atoms with van der Waals surface area (Å²) in [6.07, 6.45) is 2.85. The standard InChI is InChI=1S/C22H27N3O/c26-22(21-14-18-8-4-5-9-19(18)15-23-21)24-20-10-12-25(13-11-20)16-17-6-2-1-3-7-17/h1-9,20-21,23H,10-16H2,(H,24,26)/t21-/m0/s1. The van der Waals surface area contributed by atoms with Crippen LogP contribution in [0.5, 0.6) is 0 Å². The third-order valence-electron chi connectivity index (χ3n) is 5.58. The van der Waals surface area contributed by atoms with Crippen LogP contribution in [0.3, 0.4) is 0 Å². The first-order valence-electron chi connectivity index (χ1n) is 9.65. The lowest BCUT2D eigenvalue weighted by atomic mass is 9.95. The number of nitrogens with zero attached hydrogens (tertiary/aromatic N) is 1. The molecule has 0 saturated carbocycles. The average molecular weight is 349 g/mol. The number of hydrogen-bond acceptors (Lipinski definition) is 3. The minimum Gasteiger partial charge on any atom is -0.352 e. The van der Waals surface area contributed by atoms with Gasteiger partial charge in [0.05, 0.1) is 6.04 Å². The predicted octanol–water partition coefficient (Wildman–Crippen LogP) is 2.48. The second-order valence-corrected chi connectivity index (χ2v) is 7.45. The molecular weight excluding hydrogens is 322 g/mol. The summed E-state index contributed by atoms with van der Waals surface area (Å²) >= 11 is 0. The van der Waals surface area contributed by atoms with E-state index in [0.717, 1.165) is 45.4 Å². The molecule has 2 aromatic carbocycles. The minimum atomic E-state index is -0.104. The molecule has 0 aliphatic carbocycles. The van der Waals surface area contributed by atoms with Gasteiger partial charge in [0.2, 0.25) is 5.91 Å². The molecule has 2 aromatic rings. The quantitative estimate of drug-likeness (QED) is 0.891. The van der Waals surface area contributed by atoms with E-state index >= 15 is 0 Å². The highest BCUT2D eigenvalue weighted by molar-refractivity contribution is 5.82. The van der Waals surface area contributed by atoms with Crippen LogP contribution in [0.25, 0.3) is 0 Å². The molecular formula is C22H27N3O. The summed E-state index contributed by atoms with van der Waals surface area (Å²) in [5.74, 6) is 0.154. The maximum atomic E-state index is 12.7. The van der Waals surface area contributed by atoms with E-state index in [1.54, 1.807) is 0 Å². The first-order valence-corrected chi connectivity index (χ1v) is 9.65. The van der Waals surface area contributed by atoms with Crippen LogP contribution in [0.2, 0.25) is 0 Å². The van der Waals surface area contributed by atoms with E-state index in [4.69, 9.17) is 0 Å². The monoisotopic (exact) mass is 349 g/mol. The van der Waals surface area contributed by atoms with E-state index in [0.29, 0.717) is 6.04 Å². The van der Waals surface area contributed by atoms with Crippen molar-refractivity contribution in [2.75, 3.05) is 13.1 Å². The molecule has 1 atom stereocenters. The Morgan fingerprint density at radius 1 is 1.00 bits per heavy atom. The Balaban J connectivity index is 1.25. The molecule has 2 heterocycles. The summed E-state index contributed by atoms with van der Waals surface area (Å²) in [6, 6.07) is 19.2. The molecule has 26 heavy (non-hydrogen) atoms. The van der Waals surface area contributed by atoms with Crippen molar-refractivity contribution < 1.29 is 4.79 Å². The number of rotatable bonds is 4. The van der Waals surface area contributed by atoms with Crippen LogP contribution < -0.4 is 10.6 Å². The third kappa shape index (κ3) is 4.14. The predicted molar refractivity (Wildman–Crippen MR) is 104 cm³/mol. The van der Waals surface area contributed by atoms with Crippen molar-refractivity contribution in [1.29, 1.82) is 0 Å². The van der Waals surface area contributed by atoms with Crippen molar-refractivity contribution in [3.05, 3.63) is 71.3 Å². The molecule has 4 heteroatoms. The van der Waals surface area contributed by atoms with Crippen LogP contribution in [0.15, 0.2) is 54.6 Å². The van der Waals surface area contributed by atoms with Crippen molar-refractivity contribution >= 4 is 5.91 Å². The maximum Gasteiger partial charge on any atom is 0.237 e. The van der Waals surface area contributed by atoms with Gasteiger partial charge in [-0.3, -0.25) is 9.69 Å². The number of benzene rings is 2. The van der Waals surface area contributed by atoms with Crippen LogP contribution in [0, 0.1) is 0 Å². The molecule has 136 valence electrons. The number of piperidine rings is 1. The number of hydrogen-bond donors (Lipinski definition) is 2. The Hall–Kier alpha value is -2.17. The van der Waals surface area contributed by atoms with Gasteiger partial charge >= 0.3 is 0 Å². The number of fused-ring (bicyclic) bond motifs is 1. The molecule has 1 fully saturated rings. The molecule has 0 radical (unpaired) electrons. The van der Waals surface area contributed by atoms with E-state index < -0.39 is 0 Å². The molecule has 2 aliphatic heterocycles. The Morgan fingerprint density at radius 2 is 1.69 bits per heavy atom. The topological polar surface area (TPSA) is 44.4 Å². The summed E-state index contributed by atoms with van der Waals surface area (Å²) in [5, 5.41) is 6.66. The van der Waals surface area contributed by atoms with Crippen molar-refractivity contribution in [2.24, 2.45) is 0 Å². The van der Waals surface area contributed by atoms with Crippen molar-refractivity contribution in [2.45, 2.75) is 44.4 Å². The highest BCUT2D eigenvalue weighted by Crippen LogP contribution is 2.18. The van der Waals surface area contributed by atoms with Gasteiger partial charge in [-0.05, 0) is 36.0 Å². The number of carbonyl (C=O) groups excluding carboxylic acids is 1. The minimum absolute atomic E-state index is 0.104. The SMILES string of the molecule is O=C(NC1CCN(Cc2ccccc2)CC1)[C@@H]1Cc2ccccc2CN1. The zero-order valence-electron chi connectivity index (χ0n) is 15.2. The Kier molecular flexibility index (Phi) is 5.32. The summed E-state index contributed by atoms with van der Waals surface area (Å²) < 4.78 is 0. The highest BCUT2D eigenvalue weighted by Gasteiger charge is 2.27. The zero-order chi connectivity index (χ0) is 17.8. The van der Waals surface area contributed by atoms with Gasteiger partial charge in [0, 0.05) is 32.2 Å². The van der Waals surface area contributed by atoms with E-state index in [-0.39, 0.29) is 11.9 Å². The first kappa shape index (κ1) is 17.3. The second kappa shape index (κ2) is 8.02. The lowest BCUT2D eigenvalue weighted by Gasteiger charge is -2.34. The van der Waals surface area contributed by atoms with Gasteiger partial charge in [-0.15, -0.1) is 0 Å². The van der Waals surface area contributed by atoms with Gasteiger partial charge in [0.15, 0.2) is 0 Å². The highest BCUT2D eigenvalue weighted by atomic mass is 16.2. The fourth-order valence-electron chi connectivity index (χ4n) is 4.02. The smallest absolute Gasteiger partial charge is 0.237 e. The molecule has 1 saturated heterocycles. The van der Waals surface area contributed by atoms with Crippen molar-refractivity contribution in [3.63, 3.8) is 0 Å². The van der Waals surface area contributed by atoms with Gasteiger partial charge in [-0.2, -0.15) is 0 Å². The van der Waals surface area contributed by atoms with E-state index in [2.05, 4.69) is 70.1 Å². The molecule has 0 aromatic heterocycles. The molecule has 0 bridgehead atoms. The fourth-order valence-corrected chi connectivity index (χ4v) is 4.02. The lowest BCUT2D eigenvalue weighted by Crippen LogP contribution is -2.52. The second-order valence-electron chi connectivity index (χ2n) is 7.45. The summed E-state index contributed by atoms with van der Waals surface area (Å²) in [4.78, 5) is 15.1. The van der Waals surface area contributed by atoms with Crippen LogP contribution in [-0.2, 0) is 24.3 Å². The molecule has 1 amide bonds. The van der Waals surface area contributed by atoms with Gasteiger partial charge in [0.1, 0.15) is 0 Å². The van der Waals surface area contributed by atoms with Crippen LogP contribution in [0.1, 0.15) is 29.5 Å². The number of likely N-dealkylation sites (tertiary alicyclic amines) is 1. The van der Waals surface area contributed by atoms with E-state index in [1.165, 1.54) is 16.7 Å². The van der Waals surface area contributed by atoms with Crippen LogP contribution in [0.4, 0.5) is 0 Å². The Morgan fingerprint density at radius 3 is 2.46 bits per heavy atom. The number of amides is 1.